The van der Waals surface area contributed by atoms with Crippen molar-refractivity contribution in [1.29, 1.82) is 0 Å². The Morgan fingerprint density at radius 2 is 1.93 bits per heavy atom. The molecular formula is C29H42ClN3O7. The molecule has 222 valence electrons. The Kier molecular flexibility index (Phi) is 13.7. The third kappa shape index (κ3) is 12.1. The topological polar surface area (TPSA) is 146 Å². The van der Waals surface area contributed by atoms with Gasteiger partial charge in [0.05, 0.1) is 7.11 Å². The summed E-state index contributed by atoms with van der Waals surface area (Å²) in [6.45, 7) is 11.0. The fraction of sp³-hybridized carbons (Fsp3) is 0.517. The summed E-state index contributed by atoms with van der Waals surface area (Å²) >= 11 is 5.84. The van der Waals surface area contributed by atoms with E-state index in [4.69, 9.17) is 31.5 Å². The first-order valence-corrected chi connectivity index (χ1v) is 13.3. The van der Waals surface area contributed by atoms with E-state index in [1.807, 2.05) is 40.7 Å². The molecule has 1 unspecified atom stereocenters. The van der Waals surface area contributed by atoms with Gasteiger partial charge in [0, 0.05) is 36.3 Å². The fourth-order valence-corrected chi connectivity index (χ4v) is 3.75. The first-order valence-electron chi connectivity index (χ1n) is 13.0. The highest BCUT2D eigenvalue weighted by Crippen LogP contribution is 2.32. The molecule has 0 saturated carbocycles. The second kappa shape index (κ2) is 15.9. The number of esters is 1. The zero-order valence-corrected chi connectivity index (χ0v) is 25.0. The minimum absolute atomic E-state index is 0.137. The number of nitrogens with one attached hydrogen (secondary N) is 2. The van der Waals surface area contributed by atoms with Gasteiger partial charge in [-0.05, 0) is 31.5 Å². The van der Waals surface area contributed by atoms with Crippen LogP contribution in [0.1, 0.15) is 60.8 Å². The number of primary amides is 1. The van der Waals surface area contributed by atoms with Crippen LogP contribution in [0, 0.1) is 11.3 Å². The summed E-state index contributed by atoms with van der Waals surface area (Å²) < 4.78 is 15.6. The minimum Gasteiger partial charge on any atom is -0.490 e. The van der Waals surface area contributed by atoms with Crippen molar-refractivity contribution in [3.63, 3.8) is 0 Å². The molecule has 4 atom stereocenters. The smallest absolute Gasteiger partial charge is 0.404 e. The van der Waals surface area contributed by atoms with Gasteiger partial charge in [-0.1, -0.05) is 69.7 Å². The number of cyclic esters (lactones) is 1. The molecule has 1 heterocycles. The van der Waals surface area contributed by atoms with Crippen molar-refractivity contribution < 1.29 is 33.4 Å². The minimum atomic E-state index is -0.902. The van der Waals surface area contributed by atoms with Crippen LogP contribution in [0.15, 0.2) is 59.5 Å². The Bertz CT molecular complexity index is 1070. The molecule has 11 heteroatoms. The zero-order valence-electron chi connectivity index (χ0n) is 24.3. The van der Waals surface area contributed by atoms with Gasteiger partial charge < -0.3 is 30.6 Å². The molecule has 1 aliphatic rings. The molecule has 0 spiro atoms. The van der Waals surface area contributed by atoms with E-state index in [0.717, 1.165) is 0 Å². The van der Waals surface area contributed by atoms with Crippen molar-refractivity contribution >= 4 is 35.5 Å². The molecule has 0 bridgehead atoms. The number of ether oxygens (including phenoxy) is 3. The lowest BCUT2D eigenvalue weighted by Crippen LogP contribution is -2.52. The Labute approximate surface area is 241 Å². The van der Waals surface area contributed by atoms with Gasteiger partial charge in [0.1, 0.15) is 17.7 Å². The summed E-state index contributed by atoms with van der Waals surface area (Å²) in [7, 11) is 1.42. The van der Waals surface area contributed by atoms with E-state index in [2.05, 4.69) is 10.6 Å². The summed E-state index contributed by atoms with van der Waals surface area (Å²) in [5.74, 6) is -1.31. The van der Waals surface area contributed by atoms with Crippen LogP contribution < -0.4 is 16.4 Å². The number of amides is 3. The second-order valence-electron chi connectivity index (χ2n) is 10.8. The quantitative estimate of drug-likeness (QED) is 0.165. The summed E-state index contributed by atoms with van der Waals surface area (Å²) in [4.78, 5) is 48.6. The van der Waals surface area contributed by atoms with Crippen molar-refractivity contribution in [2.45, 2.75) is 78.6 Å². The molecule has 1 aliphatic heterocycles. The third-order valence-electron chi connectivity index (χ3n) is 6.26. The number of methoxy groups -OCH3 is 1. The van der Waals surface area contributed by atoms with Crippen molar-refractivity contribution in [2.24, 2.45) is 17.1 Å². The van der Waals surface area contributed by atoms with E-state index >= 15 is 0 Å². The van der Waals surface area contributed by atoms with E-state index < -0.39 is 47.0 Å². The largest absolute Gasteiger partial charge is 0.490 e. The molecule has 1 rings (SSSR count). The Morgan fingerprint density at radius 1 is 1.25 bits per heavy atom. The molecule has 0 saturated heterocycles. The normalized spacial score (nSPS) is 20.6. The van der Waals surface area contributed by atoms with Crippen LogP contribution in [0.3, 0.4) is 0 Å². The number of nitrogens with two attached hydrogens (primary N) is 1. The maximum absolute atomic E-state index is 12.9. The molecule has 3 amide bonds. The van der Waals surface area contributed by atoms with Gasteiger partial charge in [0.25, 0.3) is 0 Å². The van der Waals surface area contributed by atoms with Crippen LogP contribution in [-0.4, -0.2) is 48.7 Å². The molecule has 0 aromatic rings. The third-order valence-corrected chi connectivity index (χ3v) is 6.42. The highest BCUT2D eigenvalue weighted by molar-refractivity contribution is 6.29. The number of halogens is 1. The van der Waals surface area contributed by atoms with Gasteiger partial charge in [-0.25, -0.2) is 9.59 Å². The number of carbonyl (C=O) groups is 4. The molecule has 0 aromatic carbocycles. The van der Waals surface area contributed by atoms with E-state index in [0.29, 0.717) is 24.3 Å². The number of hydrogen-bond donors (Lipinski definition) is 3. The predicted octanol–water partition coefficient (Wildman–Crippen LogP) is 4.52. The standard InChI is InChI=1S/C29H42ClN3O7/c1-19(29(6)17-16-22(38-7)26(36)40-29)11-8-9-13-23(34)33-24(28(3,4)5)25(35)32-18-10-12-21(39-27(31)37)15-14-20(2)30/h8-11,13-14,16,18-19,21,24H,12,15,17H2,1-7H3,(H2,31,37)(H,32,35)(H,33,34)/b11-8-,13-9-,18-10-,20-14+/t19-,21+,24+,29?/m0/s1. The van der Waals surface area contributed by atoms with Crippen LogP contribution in [0.2, 0.25) is 0 Å². The van der Waals surface area contributed by atoms with Crippen LogP contribution in [0.25, 0.3) is 0 Å². The van der Waals surface area contributed by atoms with Gasteiger partial charge in [-0.3, -0.25) is 9.59 Å². The number of rotatable bonds is 13. The SMILES string of the molecule is COC1=CCC(C)([C@@H](C)/C=C\C=C/C(=O)N[C@H](C(=O)N/C=C\C[C@H](C/C=C(\C)Cl)OC(N)=O)C(C)(C)C)OC1=O. The van der Waals surface area contributed by atoms with Crippen LogP contribution >= 0.6 is 11.6 Å². The second-order valence-corrected chi connectivity index (χ2v) is 11.3. The zero-order chi connectivity index (χ0) is 30.5. The highest BCUT2D eigenvalue weighted by atomic mass is 35.5. The maximum Gasteiger partial charge on any atom is 0.404 e. The Balaban J connectivity index is 2.73. The maximum atomic E-state index is 12.9. The fourth-order valence-electron chi connectivity index (χ4n) is 3.67. The van der Waals surface area contributed by atoms with E-state index in [1.54, 1.807) is 37.3 Å². The number of allylic oxidation sites excluding steroid dienone is 3. The van der Waals surface area contributed by atoms with Crippen LogP contribution in [0.5, 0.6) is 0 Å². The van der Waals surface area contributed by atoms with Crippen molar-refractivity contribution in [1.82, 2.24) is 10.6 Å². The van der Waals surface area contributed by atoms with E-state index in [-0.39, 0.29) is 11.7 Å². The van der Waals surface area contributed by atoms with Gasteiger partial charge in [0.2, 0.25) is 11.8 Å². The van der Waals surface area contributed by atoms with Crippen molar-refractivity contribution in [3.05, 3.63) is 59.5 Å². The molecular weight excluding hydrogens is 538 g/mol. The molecule has 0 radical (unpaired) electrons. The predicted molar refractivity (Wildman–Crippen MR) is 154 cm³/mol. The molecule has 0 aliphatic carbocycles. The first kappa shape index (κ1) is 34.5. The summed E-state index contributed by atoms with van der Waals surface area (Å²) in [6, 6.07) is -0.834. The Morgan fingerprint density at radius 3 is 2.48 bits per heavy atom. The lowest BCUT2D eigenvalue weighted by Gasteiger charge is -2.35. The monoisotopic (exact) mass is 579 g/mol. The Hall–Kier alpha value is -3.53. The highest BCUT2D eigenvalue weighted by Gasteiger charge is 2.38. The average Bonchev–Trinajstić information content (AvgIpc) is 2.84. The lowest BCUT2D eigenvalue weighted by molar-refractivity contribution is -0.162. The summed E-state index contributed by atoms with van der Waals surface area (Å²) in [5.41, 5.74) is 3.80. The van der Waals surface area contributed by atoms with Crippen LogP contribution in [-0.2, 0) is 28.6 Å². The lowest BCUT2D eigenvalue weighted by atomic mass is 9.85. The summed E-state index contributed by atoms with van der Waals surface area (Å²) in [6.07, 6.45) is 12.6. The van der Waals surface area contributed by atoms with Gasteiger partial charge in [-0.15, -0.1) is 0 Å². The first-order chi connectivity index (χ1) is 18.6. The molecule has 40 heavy (non-hydrogen) atoms. The van der Waals surface area contributed by atoms with E-state index in [9.17, 15) is 19.2 Å². The van der Waals surface area contributed by atoms with Crippen LogP contribution in [0.4, 0.5) is 4.79 Å². The molecule has 10 nitrogen and oxygen atoms in total. The van der Waals surface area contributed by atoms with Gasteiger partial charge in [-0.2, -0.15) is 0 Å². The molecule has 0 aromatic heterocycles. The van der Waals surface area contributed by atoms with Gasteiger partial charge >= 0.3 is 12.1 Å². The van der Waals surface area contributed by atoms with Crippen molar-refractivity contribution in [3.8, 4) is 0 Å². The van der Waals surface area contributed by atoms with Gasteiger partial charge in [0.15, 0.2) is 5.76 Å². The van der Waals surface area contributed by atoms with Crippen molar-refractivity contribution in [2.75, 3.05) is 7.11 Å². The molecule has 4 N–H and O–H groups in total. The number of hydrogen-bond acceptors (Lipinski definition) is 7. The van der Waals surface area contributed by atoms with E-state index in [1.165, 1.54) is 19.4 Å². The molecule has 0 fully saturated rings. The average molecular weight is 580 g/mol. The number of carbonyl (C=O) groups excluding carboxylic acids is 4. The summed E-state index contributed by atoms with van der Waals surface area (Å²) in [5, 5.41) is 5.95.